The van der Waals surface area contributed by atoms with Gasteiger partial charge in [-0.05, 0) is 23.7 Å². The maximum Gasteiger partial charge on any atom is 0.225 e. The summed E-state index contributed by atoms with van der Waals surface area (Å²) in [6.45, 7) is 0. The number of H-pyrrole nitrogens is 2. The van der Waals surface area contributed by atoms with Crippen LogP contribution in [0.1, 0.15) is 0 Å². The van der Waals surface area contributed by atoms with E-state index in [1.807, 2.05) is 18.2 Å². The molecule has 0 radical (unpaired) electrons. The van der Waals surface area contributed by atoms with E-state index in [-0.39, 0.29) is 5.28 Å². The summed E-state index contributed by atoms with van der Waals surface area (Å²) < 4.78 is 0. The first-order chi connectivity index (χ1) is 9.31. The van der Waals surface area contributed by atoms with Crippen LogP contribution in [0.3, 0.4) is 0 Å². The Morgan fingerprint density at radius 3 is 2.84 bits per heavy atom. The van der Waals surface area contributed by atoms with E-state index in [0.717, 1.165) is 27.8 Å². The summed E-state index contributed by atoms with van der Waals surface area (Å²) >= 11 is 5.93. The SMILES string of the molecule is Clc1nc(-c2ccc3nc[nH]c3c2)c2[nH]cnc2n1. The molecule has 6 nitrogen and oxygen atoms in total. The average molecular weight is 271 g/mol. The second-order valence-corrected chi connectivity index (χ2v) is 4.41. The summed E-state index contributed by atoms with van der Waals surface area (Å²) in [6.07, 6.45) is 3.24. The third kappa shape index (κ3) is 1.57. The molecule has 4 rings (SSSR count). The minimum absolute atomic E-state index is 0.180. The molecule has 0 bridgehead atoms. The van der Waals surface area contributed by atoms with Crippen LogP contribution in [-0.4, -0.2) is 29.9 Å². The number of halogens is 1. The highest BCUT2D eigenvalue weighted by Crippen LogP contribution is 2.27. The normalized spacial score (nSPS) is 11.4. The molecule has 0 saturated heterocycles. The van der Waals surface area contributed by atoms with Crippen molar-refractivity contribution in [3.63, 3.8) is 0 Å². The van der Waals surface area contributed by atoms with Crippen molar-refractivity contribution in [3.8, 4) is 11.3 Å². The van der Waals surface area contributed by atoms with E-state index < -0.39 is 0 Å². The number of hydrogen-bond donors (Lipinski definition) is 2. The number of aromatic amines is 2. The molecular formula is C12H7ClN6. The maximum atomic E-state index is 5.93. The Kier molecular flexibility index (Phi) is 2.07. The Hall–Kier alpha value is -2.47. The standard InChI is InChI=1S/C12H7ClN6/c13-12-18-9(10-11(19-12)17-5-16-10)6-1-2-7-8(3-6)15-4-14-7/h1-5H,(H,14,15)(H,16,17,18,19). The van der Waals surface area contributed by atoms with Crippen LogP contribution in [0.25, 0.3) is 33.5 Å². The Morgan fingerprint density at radius 1 is 1.00 bits per heavy atom. The zero-order valence-corrected chi connectivity index (χ0v) is 10.3. The van der Waals surface area contributed by atoms with Gasteiger partial charge in [0, 0.05) is 5.56 Å². The maximum absolute atomic E-state index is 5.93. The first-order valence-electron chi connectivity index (χ1n) is 5.61. The summed E-state index contributed by atoms with van der Waals surface area (Å²) in [6, 6.07) is 5.85. The fourth-order valence-corrected chi connectivity index (χ4v) is 2.26. The number of aromatic nitrogens is 6. The third-order valence-corrected chi connectivity index (χ3v) is 3.12. The molecule has 4 aromatic rings. The van der Waals surface area contributed by atoms with Gasteiger partial charge in [-0.3, -0.25) is 0 Å². The van der Waals surface area contributed by atoms with Gasteiger partial charge in [0.15, 0.2) is 5.65 Å². The number of imidazole rings is 2. The predicted octanol–water partition coefficient (Wildman–Crippen LogP) is 2.55. The zero-order chi connectivity index (χ0) is 12.8. The molecule has 0 fully saturated rings. The first-order valence-corrected chi connectivity index (χ1v) is 5.99. The Morgan fingerprint density at radius 2 is 1.89 bits per heavy atom. The highest BCUT2D eigenvalue weighted by molar-refractivity contribution is 6.28. The summed E-state index contributed by atoms with van der Waals surface area (Å²) in [7, 11) is 0. The largest absolute Gasteiger partial charge is 0.345 e. The van der Waals surface area contributed by atoms with Gasteiger partial charge in [0.1, 0.15) is 11.2 Å². The van der Waals surface area contributed by atoms with E-state index in [0.29, 0.717) is 5.65 Å². The van der Waals surface area contributed by atoms with Crippen LogP contribution in [0.15, 0.2) is 30.9 Å². The molecule has 0 aliphatic rings. The van der Waals surface area contributed by atoms with Gasteiger partial charge < -0.3 is 9.97 Å². The molecule has 0 atom stereocenters. The van der Waals surface area contributed by atoms with E-state index in [1.54, 1.807) is 12.7 Å². The van der Waals surface area contributed by atoms with Gasteiger partial charge in [0.2, 0.25) is 5.28 Å². The van der Waals surface area contributed by atoms with E-state index in [9.17, 15) is 0 Å². The van der Waals surface area contributed by atoms with Crippen molar-refractivity contribution in [2.24, 2.45) is 0 Å². The molecule has 92 valence electrons. The first kappa shape index (κ1) is 10.5. The van der Waals surface area contributed by atoms with Gasteiger partial charge >= 0.3 is 0 Å². The predicted molar refractivity (Wildman–Crippen MR) is 71.8 cm³/mol. The van der Waals surface area contributed by atoms with Crippen LogP contribution in [-0.2, 0) is 0 Å². The van der Waals surface area contributed by atoms with Crippen molar-refractivity contribution in [2.75, 3.05) is 0 Å². The fourth-order valence-electron chi connectivity index (χ4n) is 2.10. The van der Waals surface area contributed by atoms with Crippen molar-refractivity contribution >= 4 is 33.8 Å². The fraction of sp³-hybridized carbons (Fsp3) is 0. The average Bonchev–Trinajstić information content (AvgIpc) is 3.04. The number of fused-ring (bicyclic) bond motifs is 2. The Balaban J connectivity index is 2.04. The number of benzene rings is 1. The van der Waals surface area contributed by atoms with Crippen molar-refractivity contribution in [3.05, 3.63) is 36.1 Å². The third-order valence-electron chi connectivity index (χ3n) is 2.95. The lowest BCUT2D eigenvalue weighted by molar-refractivity contribution is 1.20. The van der Waals surface area contributed by atoms with Crippen LogP contribution in [0.2, 0.25) is 5.28 Å². The van der Waals surface area contributed by atoms with E-state index in [1.165, 1.54) is 0 Å². The molecule has 0 unspecified atom stereocenters. The lowest BCUT2D eigenvalue weighted by atomic mass is 10.1. The van der Waals surface area contributed by atoms with Crippen LogP contribution in [0, 0.1) is 0 Å². The monoisotopic (exact) mass is 270 g/mol. The highest BCUT2D eigenvalue weighted by Gasteiger charge is 2.11. The molecule has 2 N–H and O–H groups in total. The van der Waals surface area contributed by atoms with E-state index >= 15 is 0 Å². The van der Waals surface area contributed by atoms with Crippen molar-refractivity contribution in [1.29, 1.82) is 0 Å². The molecule has 1 aromatic carbocycles. The summed E-state index contributed by atoms with van der Waals surface area (Å²) in [5.41, 5.74) is 4.83. The second-order valence-electron chi connectivity index (χ2n) is 4.08. The molecule has 3 heterocycles. The van der Waals surface area contributed by atoms with Gasteiger partial charge in [-0.1, -0.05) is 6.07 Å². The van der Waals surface area contributed by atoms with Crippen molar-refractivity contribution in [2.45, 2.75) is 0 Å². The van der Waals surface area contributed by atoms with Gasteiger partial charge in [0.25, 0.3) is 0 Å². The molecule has 0 aliphatic carbocycles. The minimum Gasteiger partial charge on any atom is -0.345 e. The van der Waals surface area contributed by atoms with E-state index in [4.69, 9.17) is 11.6 Å². The second kappa shape index (κ2) is 3.76. The Bertz CT molecular complexity index is 893. The van der Waals surface area contributed by atoms with Crippen LogP contribution in [0.5, 0.6) is 0 Å². The number of nitrogens with one attached hydrogen (secondary N) is 2. The molecular weight excluding hydrogens is 264 g/mol. The lowest BCUT2D eigenvalue weighted by Gasteiger charge is -2.02. The molecule has 3 aromatic heterocycles. The molecule has 0 aliphatic heterocycles. The zero-order valence-electron chi connectivity index (χ0n) is 9.55. The molecule has 0 amide bonds. The molecule has 0 saturated carbocycles. The van der Waals surface area contributed by atoms with Gasteiger partial charge in [-0.15, -0.1) is 0 Å². The summed E-state index contributed by atoms with van der Waals surface area (Å²) in [4.78, 5) is 22.8. The lowest BCUT2D eigenvalue weighted by Crippen LogP contribution is -1.90. The number of hydrogen-bond acceptors (Lipinski definition) is 4. The summed E-state index contributed by atoms with van der Waals surface area (Å²) in [5, 5.41) is 0.180. The van der Waals surface area contributed by atoms with E-state index in [2.05, 4.69) is 29.9 Å². The highest BCUT2D eigenvalue weighted by atomic mass is 35.5. The van der Waals surface area contributed by atoms with Gasteiger partial charge in [-0.25, -0.2) is 15.0 Å². The number of nitrogens with zero attached hydrogens (tertiary/aromatic N) is 4. The smallest absolute Gasteiger partial charge is 0.225 e. The van der Waals surface area contributed by atoms with Crippen LogP contribution >= 0.6 is 11.6 Å². The van der Waals surface area contributed by atoms with Crippen molar-refractivity contribution in [1.82, 2.24) is 29.9 Å². The molecule has 0 spiro atoms. The van der Waals surface area contributed by atoms with Crippen LogP contribution in [0.4, 0.5) is 0 Å². The Labute approximate surface area is 111 Å². The topological polar surface area (TPSA) is 83.1 Å². The summed E-state index contributed by atoms with van der Waals surface area (Å²) in [5.74, 6) is 0. The molecule has 19 heavy (non-hydrogen) atoms. The quantitative estimate of drug-likeness (QED) is 0.521. The van der Waals surface area contributed by atoms with Crippen molar-refractivity contribution < 1.29 is 0 Å². The minimum atomic E-state index is 0.180. The number of rotatable bonds is 1. The van der Waals surface area contributed by atoms with Crippen LogP contribution < -0.4 is 0 Å². The molecule has 7 heteroatoms. The van der Waals surface area contributed by atoms with Gasteiger partial charge in [0.05, 0.1) is 23.7 Å². The van der Waals surface area contributed by atoms with Gasteiger partial charge in [-0.2, -0.15) is 4.98 Å².